The largest absolute Gasteiger partial charge is 0.479 e. The van der Waals surface area contributed by atoms with Gasteiger partial charge in [0.05, 0.1) is 6.54 Å². The lowest BCUT2D eigenvalue weighted by Gasteiger charge is -2.34. The molecule has 2 amide bonds. The Labute approximate surface area is 113 Å². The number of hydrogen-bond acceptors (Lipinski definition) is 4. The Morgan fingerprint density at radius 3 is 2.58 bits per heavy atom. The minimum Gasteiger partial charge on any atom is -0.479 e. The maximum atomic E-state index is 12.0. The third-order valence-electron chi connectivity index (χ3n) is 3.21. The van der Waals surface area contributed by atoms with Crippen molar-refractivity contribution in [3.63, 3.8) is 0 Å². The van der Waals surface area contributed by atoms with Crippen LogP contribution in [0.2, 0.25) is 0 Å². The zero-order valence-electron chi connectivity index (χ0n) is 11.3. The molecule has 0 bridgehead atoms. The van der Waals surface area contributed by atoms with Crippen LogP contribution in [-0.4, -0.2) is 65.4 Å². The zero-order valence-corrected chi connectivity index (χ0v) is 11.3. The standard InChI is InChI=1S/C12H23N3O4/c1-2-7-15(9-3-5-13-6-4-9)12(19)14-8-10(16)11(17)18/h9-10,13,16H,2-8H2,1H3,(H,14,19)(H,17,18). The van der Waals surface area contributed by atoms with Crippen LogP contribution in [0.5, 0.6) is 0 Å². The van der Waals surface area contributed by atoms with E-state index in [1.54, 1.807) is 4.90 Å². The van der Waals surface area contributed by atoms with Gasteiger partial charge in [-0.3, -0.25) is 0 Å². The summed E-state index contributed by atoms with van der Waals surface area (Å²) in [5, 5.41) is 23.4. The summed E-state index contributed by atoms with van der Waals surface area (Å²) in [5.41, 5.74) is 0. The topological polar surface area (TPSA) is 102 Å². The molecular formula is C12H23N3O4. The number of aliphatic hydroxyl groups excluding tert-OH is 1. The number of rotatable bonds is 6. The Morgan fingerprint density at radius 2 is 2.05 bits per heavy atom. The van der Waals surface area contributed by atoms with Crippen molar-refractivity contribution < 1.29 is 19.8 Å². The summed E-state index contributed by atoms with van der Waals surface area (Å²) in [6.45, 7) is 4.14. The quantitative estimate of drug-likeness (QED) is 0.528. The smallest absolute Gasteiger partial charge is 0.334 e. The molecule has 0 aliphatic carbocycles. The normalized spacial score (nSPS) is 17.8. The number of carboxylic acid groups (broad SMARTS) is 1. The molecule has 4 N–H and O–H groups in total. The Hall–Kier alpha value is -1.34. The van der Waals surface area contributed by atoms with Crippen LogP contribution in [0, 0.1) is 0 Å². The van der Waals surface area contributed by atoms with Gasteiger partial charge in [-0.15, -0.1) is 0 Å². The summed E-state index contributed by atoms with van der Waals surface area (Å²) in [6, 6.07) is -0.114. The number of hydrogen-bond donors (Lipinski definition) is 4. The van der Waals surface area contributed by atoms with Crippen LogP contribution in [0.25, 0.3) is 0 Å². The van der Waals surface area contributed by atoms with Gasteiger partial charge < -0.3 is 25.7 Å². The molecule has 0 saturated carbocycles. The second-order valence-electron chi connectivity index (χ2n) is 4.71. The maximum Gasteiger partial charge on any atom is 0.334 e. The molecule has 1 rings (SSSR count). The predicted molar refractivity (Wildman–Crippen MR) is 69.9 cm³/mol. The number of piperidine rings is 1. The lowest BCUT2D eigenvalue weighted by molar-refractivity contribution is -0.146. The minimum atomic E-state index is -1.56. The van der Waals surface area contributed by atoms with Gasteiger partial charge in [0.1, 0.15) is 0 Å². The van der Waals surface area contributed by atoms with Crippen molar-refractivity contribution in [2.45, 2.75) is 38.3 Å². The average molecular weight is 273 g/mol. The van der Waals surface area contributed by atoms with Crippen molar-refractivity contribution in [3.05, 3.63) is 0 Å². The van der Waals surface area contributed by atoms with Gasteiger partial charge in [0.2, 0.25) is 0 Å². The van der Waals surface area contributed by atoms with Crippen LogP contribution >= 0.6 is 0 Å². The Morgan fingerprint density at radius 1 is 1.42 bits per heavy atom. The molecule has 0 spiro atoms. The zero-order chi connectivity index (χ0) is 14.3. The summed E-state index contributed by atoms with van der Waals surface area (Å²) >= 11 is 0. The molecule has 1 aliphatic heterocycles. The maximum absolute atomic E-state index is 12.0. The van der Waals surface area contributed by atoms with Gasteiger partial charge in [-0.1, -0.05) is 6.92 Å². The Balaban J connectivity index is 2.49. The lowest BCUT2D eigenvalue weighted by atomic mass is 10.0. The molecule has 19 heavy (non-hydrogen) atoms. The number of carboxylic acids is 1. The molecule has 0 radical (unpaired) electrons. The predicted octanol–water partition coefficient (Wildman–Crippen LogP) is -0.394. The Bertz CT molecular complexity index is 305. The average Bonchev–Trinajstić information content (AvgIpc) is 2.42. The number of aliphatic carboxylic acids is 1. The summed E-state index contributed by atoms with van der Waals surface area (Å²) in [5.74, 6) is -1.33. The van der Waals surface area contributed by atoms with Crippen molar-refractivity contribution in [3.8, 4) is 0 Å². The van der Waals surface area contributed by atoms with E-state index < -0.39 is 12.1 Å². The first-order valence-corrected chi connectivity index (χ1v) is 6.72. The first kappa shape index (κ1) is 15.7. The van der Waals surface area contributed by atoms with Gasteiger partial charge in [0, 0.05) is 12.6 Å². The fourth-order valence-electron chi connectivity index (χ4n) is 2.18. The van der Waals surface area contributed by atoms with Crippen LogP contribution in [-0.2, 0) is 4.79 Å². The monoisotopic (exact) mass is 273 g/mol. The number of amides is 2. The molecular weight excluding hydrogens is 250 g/mol. The molecule has 7 heteroatoms. The van der Waals surface area contributed by atoms with Crippen LogP contribution < -0.4 is 10.6 Å². The third kappa shape index (κ3) is 5.04. The van der Waals surface area contributed by atoms with E-state index in [-0.39, 0.29) is 18.6 Å². The first-order valence-electron chi connectivity index (χ1n) is 6.72. The molecule has 1 atom stereocenters. The van der Waals surface area contributed by atoms with Crippen LogP contribution in [0.3, 0.4) is 0 Å². The van der Waals surface area contributed by atoms with E-state index in [2.05, 4.69) is 10.6 Å². The molecule has 7 nitrogen and oxygen atoms in total. The van der Waals surface area contributed by atoms with E-state index in [1.165, 1.54) is 0 Å². The van der Waals surface area contributed by atoms with Gasteiger partial charge >= 0.3 is 12.0 Å². The van der Waals surface area contributed by atoms with E-state index >= 15 is 0 Å². The van der Waals surface area contributed by atoms with Crippen LogP contribution in [0.1, 0.15) is 26.2 Å². The number of nitrogens with one attached hydrogen (secondary N) is 2. The summed E-state index contributed by atoms with van der Waals surface area (Å²) in [6.07, 6.45) is 1.09. The number of nitrogens with zero attached hydrogens (tertiary/aromatic N) is 1. The molecule has 0 aromatic carbocycles. The highest BCUT2D eigenvalue weighted by atomic mass is 16.4. The van der Waals surface area contributed by atoms with Crippen molar-refractivity contribution in [1.82, 2.24) is 15.5 Å². The first-order chi connectivity index (χ1) is 9.06. The fraction of sp³-hybridized carbons (Fsp3) is 0.833. The lowest BCUT2D eigenvalue weighted by Crippen LogP contribution is -2.51. The number of aliphatic hydroxyl groups is 1. The van der Waals surface area contributed by atoms with E-state index in [9.17, 15) is 9.59 Å². The van der Waals surface area contributed by atoms with E-state index in [0.29, 0.717) is 6.54 Å². The highest BCUT2D eigenvalue weighted by Crippen LogP contribution is 2.12. The molecule has 1 unspecified atom stereocenters. The van der Waals surface area contributed by atoms with Crippen molar-refractivity contribution >= 4 is 12.0 Å². The molecule has 1 heterocycles. The van der Waals surface area contributed by atoms with Gasteiger partial charge in [-0.2, -0.15) is 0 Å². The summed E-state index contributed by atoms with van der Waals surface area (Å²) < 4.78 is 0. The molecule has 110 valence electrons. The van der Waals surface area contributed by atoms with E-state index in [4.69, 9.17) is 10.2 Å². The molecule has 0 aromatic heterocycles. The second kappa shape index (κ2) is 7.96. The third-order valence-corrected chi connectivity index (χ3v) is 3.21. The summed E-state index contributed by atoms with van der Waals surface area (Å²) in [7, 11) is 0. The minimum absolute atomic E-state index is 0.183. The number of urea groups is 1. The number of carbonyl (C=O) groups is 2. The van der Waals surface area contributed by atoms with Crippen LogP contribution in [0.15, 0.2) is 0 Å². The van der Waals surface area contributed by atoms with Crippen LogP contribution in [0.4, 0.5) is 4.79 Å². The van der Waals surface area contributed by atoms with Crippen molar-refractivity contribution in [2.75, 3.05) is 26.2 Å². The van der Waals surface area contributed by atoms with Gasteiger partial charge in [-0.25, -0.2) is 9.59 Å². The highest BCUT2D eigenvalue weighted by molar-refractivity contribution is 5.77. The van der Waals surface area contributed by atoms with Gasteiger partial charge in [0.15, 0.2) is 6.10 Å². The number of carbonyl (C=O) groups excluding carboxylic acids is 1. The summed E-state index contributed by atoms with van der Waals surface area (Å²) in [4.78, 5) is 24.3. The van der Waals surface area contributed by atoms with Gasteiger partial charge in [-0.05, 0) is 32.4 Å². The van der Waals surface area contributed by atoms with E-state index in [0.717, 1.165) is 32.4 Å². The Kier molecular flexibility index (Phi) is 6.58. The highest BCUT2D eigenvalue weighted by Gasteiger charge is 2.25. The fourth-order valence-corrected chi connectivity index (χ4v) is 2.18. The second-order valence-corrected chi connectivity index (χ2v) is 4.71. The SMILES string of the molecule is CCCN(C(=O)NCC(O)C(=O)O)C1CCNCC1. The molecule has 1 fully saturated rings. The van der Waals surface area contributed by atoms with Crippen molar-refractivity contribution in [2.24, 2.45) is 0 Å². The van der Waals surface area contributed by atoms with Crippen molar-refractivity contribution in [1.29, 1.82) is 0 Å². The van der Waals surface area contributed by atoms with Gasteiger partial charge in [0.25, 0.3) is 0 Å². The molecule has 0 aromatic rings. The van der Waals surface area contributed by atoms with E-state index in [1.807, 2.05) is 6.92 Å². The molecule has 1 saturated heterocycles. The molecule has 1 aliphatic rings.